The van der Waals surface area contributed by atoms with Crippen LogP contribution in [0.3, 0.4) is 0 Å². The van der Waals surface area contributed by atoms with Crippen LogP contribution in [-0.2, 0) is 10.4 Å². The smallest absolute Gasteiger partial charge is 0.270 e. The Hall–Kier alpha value is -2.74. The van der Waals surface area contributed by atoms with Gasteiger partial charge in [-0.1, -0.05) is 64.5 Å². The lowest BCUT2D eigenvalue weighted by atomic mass is 9.84. The number of carbonyl (C=O) groups excluding carboxylic acids is 2. The summed E-state index contributed by atoms with van der Waals surface area (Å²) in [5, 5.41) is 15.8. The lowest BCUT2D eigenvalue weighted by Gasteiger charge is -2.38. The van der Waals surface area contributed by atoms with E-state index in [9.17, 15) is 14.7 Å². The van der Waals surface area contributed by atoms with Crippen LogP contribution >= 0.6 is 27.3 Å². The van der Waals surface area contributed by atoms with Gasteiger partial charge in [0.2, 0.25) is 0 Å². The summed E-state index contributed by atoms with van der Waals surface area (Å²) in [4.78, 5) is 28.2. The van der Waals surface area contributed by atoms with E-state index in [0.29, 0.717) is 30.8 Å². The molecule has 1 aromatic heterocycles. The predicted octanol–water partition coefficient (Wildman–Crippen LogP) is 4.79. The highest BCUT2D eigenvalue weighted by Gasteiger charge is 2.36. The molecule has 0 saturated carbocycles. The highest BCUT2D eigenvalue weighted by Crippen LogP contribution is 2.33. The molecule has 2 heterocycles. The molecule has 4 rings (SSSR count). The molecule has 2 aromatic carbocycles. The van der Waals surface area contributed by atoms with Gasteiger partial charge < -0.3 is 15.3 Å². The molecule has 1 aliphatic rings. The molecule has 0 spiro atoms. The van der Waals surface area contributed by atoms with E-state index in [-0.39, 0.29) is 17.5 Å². The first kappa shape index (κ1) is 22.5. The van der Waals surface area contributed by atoms with Crippen molar-refractivity contribution in [1.29, 1.82) is 0 Å². The number of nitrogens with zero attached hydrogens (tertiary/aromatic N) is 1. The minimum Gasteiger partial charge on any atom is -0.385 e. The quantitative estimate of drug-likeness (QED) is 0.484. The average Bonchev–Trinajstić information content (AvgIpc) is 3.35. The highest BCUT2D eigenvalue weighted by atomic mass is 79.9. The van der Waals surface area contributed by atoms with Gasteiger partial charge in [-0.2, -0.15) is 0 Å². The summed E-state index contributed by atoms with van der Waals surface area (Å²) < 4.78 is 0.953. The van der Waals surface area contributed by atoms with E-state index >= 15 is 0 Å². The highest BCUT2D eigenvalue weighted by molar-refractivity contribution is 9.10. The molecule has 0 bridgehead atoms. The van der Waals surface area contributed by atoms with Gasteiger partial charge in [0, 0.05) is 17.6 Å². The molecule has 1 aliphatic heterocycles. The van der Waals surface area contributed by atoms with Crippen LogP contribution in [0.4, 0.5) is 0 Å². The molecule has 0 radical (unpaired) electrons. The molecular formula is C25H23BrN2O3S. The van der Waals surface area contributed by atoms with E-state index in [1.165, 1.54) is 11.3 Å². The number of halogens is 1. The monoisotopic (exact) mass is 510 g/mol. The molecular weight excluding hydrogens is 488 g/mol. The number of thiophene rings is 1. The van der Waals surface area contributed by atoms with Crippen molar-refractivity contribution in [2.75, 3.05) is 13.1 Å². The van der Waals surface area contributed by atoms with Gasteiger partial charge in [-0.25, -0.2) is 0 Å². The Bertz CT molecular complexity index is 1100. The third kappa shape index (κ3) is 5.18. The van der Waals surface area contributed by atoms with Gasteiger partial charge in [0.15, 0.2) is 0 Å². The first-order valence-electron chi connectivity index (χ1n) is 10.3. The Labute approximate surface area is 199 Å². The van der Waals surface area contributed by atoms with Crippen LogP contribution in [0, 0.1) is 0 Å². The summed E-state index contributed by atoms with van der Waals surface area (Å²) in [6.07, 6.45) is 2.55. The van der Waals surface area contributed by atoms with E-state index in [1.807, 2.05) is 60.0 Å². The Balaban J connectivity index is 1.51. The number of benzene rings is 2. The van der Waals surface area contributed by atoms with Gasteiger partial charge in [-0.05, 0) is 53.6 Å². The molecule has 7 heteroatoms. The zero-order valence-corrected chi connectivity index (χ0v) is 19.7. The second kappa shape index (κ2) is 9.81. The van der Waals surface area contributed by atoms with Gasteiger partial charge in [0.25, 0.3) is 11.8 Å². The molecule has 5 nitrogen and oxygen atoms in total. The Morgan fingerprint density at radius 1 is 1.00 bits per heavy atom. The van der Waals surface area contributed by atoms with Gasteiger partial charge in [0.1, 0.15) is 5.70 Å². The van der Waals surface area contributed by atoms with E-state index in [1.54, 1.807) is 23.1 Å². The second-order valence-corrected chi connectivity index (χ2v) is 9.59. The fraction of sp³-hybridized carbons (Fsp3) is 0.200. The maximum atomic E-state index is 13.4. The summed E-state index contributed by atoms with van der Waals surface area (Å²) in [7, 11) is 0. The van der Waals surface area contributed by atoms with Crippen molar-refractivity contribution in [2.45, 2.75) is 18.4 Å². The number of aliphatic hydroxyl groups is 1. The molecule has 164 valence electrons. The van der Waals surface area contributed by atoms with Crippen LogP contribution in [0.1, 0.15) is 33.6 Å². The fourth-order valence-corrected chi connectivity index (χ4v) is 4.64. The number of piperidine rings is 1. The number of likely N-dealkylation sites (tertiary alicyclic amines) is 1. The molecule has 0 aliphatic carbocycles. The second-order valence-electron chi connectivity index (χ2n) is 7.73. The lowest BCUT2D eigenvalue weighted by molar-refractivity contribution is -0.131. The molecule has 1 saturated heterocycles. The number of nitrogens with one attached hydrogen (secondary N) is 1. The average molecular weight is 511 g/mol. The topological polar surface area (TPSA) is 69.6 Å². The molecule has 3 aromatic rings. The maximum absolute atomic E-state index is 13.4. The third-order valence-electron chi connectivity index (χ3n) is 5.59. The SMILES string of the molecule is O=C(NC(=Cc1ccccc1)C(=O)N1CCC(O)(c2ccc(Br)cc2)CC1)c1cccs1. The minimum atomic E-state index is -0.971. The molecule has 2 amide bonds. The summed E-state index contributed by atoms with van der Waals surface area (Å²) in [5.74, 6) is -0.560. The third-order valence-corrected chi connectivity index (χ3v) is 6.99. The van der Waals surface area contributed by atoms with Gasteiger partial charge in [-0.15, -0.1) is 11.3 Å². The van der Waals surface area contributed by atoms with Crippen molar-refractivity contribution in [3.63, 3.8) is 0 Å². The van der Waals surface area contributed by atoms with Crippen molar-refractivity contribution < 1.29 is 14.7 Å². The number of rotatable bonds is 5. The Kier molecular flexibility index (Phi) is 6.89. The number of hydrogen-bond donors (Lipinski definition) is 2. The predicted molar refractivity (Wildman–Crippen MR) is 130 cm³/mol. The lowest BCUT2D eigenvalue weighted by Crippen LogP contribution is -2.47. The van der Waals surface area contributed by atoms with Crippen LogP contribution in [0.2, 0.25) is 0 Å². The molecule has 2 N–H and O–H groups in total. The van der Waals surface area contributed by atoms with E-state index < -0.39 is 5.60 Å². The Morgan fingerprint density at radius 2 is 1.69 bits per heavy atom. The first-order chi connectivity index (χ1) is 15.4. The summed E-state index contributed by atoms with van der Waals surface area (Å²) in [6, 6.07) is 20.6. The first-order valence-corrected chi connectivity index (χ1v) is 12.0. The van der Waals surface area contributed by atoms with Crippen molar-refractivity contribution in [2.24, 2.45) is 0 Å². The van der Waals surface area contributed by atoms with E-state index in [0.717, 1.165) is 15.6 Å². The summed E-state index contributed by atoms with van der Waals surface area (Å²) in [6.45, 7) is 0.790. The van der Waals surface area contributed by atoms with Gasteiger partial charge in [0.05, 0.1) is 10.5 Å². The van der Waals surface area contributed by atoms with Crippen LogP contribution < -0.4 is 5.32 Å². The molecule has 1 fully saturated rings. The standard InChI is InChI=1S/C25H23BrN2O3S/c26-20-10-8-19(9-11-20)25(31)12-14-28(15-13-25)24(30)21(17-18-5-2-1-3-6-18)27-23(29)22-7-4-16-32-22/h1-11,16-17,31H,12-15H2,(H,27,29). The minimum absolute atomic E-state index is 0.226. The van der Waals surface area contributed by atoms with Crippen molar-refractivity contribution in [3.8, 4) is 0 Å². The summed E-state index contributed by atoms with van der Waals surface area (Å²) in [5.41, 5.74) is 0.925. The number of hydrogen-bond acceptors (Lipinski definition) is 4. The van der Waals surface area contributed by atoms with Crippen molar-refractivity contribution in [3.05, 3.63) is 98.3 Å². The van der Waals surface area contributed by atoms with E-state index in [2.05, 4.69) is 21.2 Å². The van der Waals surface area contributed by atoms with Crippen LogP contribution in [-0.4, -0.2) is 34.9 Å². The maximum Gasteiger partial charge on any atom is 0.270 e. The van der Waals surface area contributed by atoms with Crippen LogP contribution in [0.15, 0.2) is 82.3 Å². The molecule has 0 atom stereocenters. The van der Waals surface area contributed by atoms with Crippen LogP contribution in [0.5, 0.6) is 0 Å². The zero-order valence-electron chi connectivity index (χ0n) is 17.3. The van der Waals surface area contributed by atoms with E-state index in [4.69, 9.17) is 0 Å². The number of amides is 2. The fourth-order valence-electron chi connectivity index (χ4n) is 3.76. The molecule has 32 heavy (non-hydrogen) atoms. The number of carbonyl (C=O) groups is 2. The zero-order chi connectivity index (χ0) is 22.6. The van der Waals surface area contributed by atoms with Crippen molar-refractivity contribution >= 4 is 45.2 Å². The largest absolute Gasteiger partial charge is 0.385 e. The van der Waals surface area contributed by atoms with Crippen LogP contribution in [0.25, 0.3) is 6.08 Å². The normalized spacial score (nSPS) is 15.9. The Morgan fingerprint density at radius 3 is 2.31 bits per heavy atom. The van der Waals surface area contributed by atoms with Crippen molar-refractivity contribution in [1.82, 2.24) is 10.2 Å². The van der Waals surface area contributed by atoms with Gasteiger partial charge >= 0.3 is 0 Å². The van der Waals surface area contributed by atoms with Gasteiger partial charge in [-0.3, -0.25) is 9.59 Å². The molecule has 0 unspecified atom stereocenters. The summed E-state index contributed by atoms with van der Waals surface area (Å²) >= 11 is 4.74.